The first kappa shape index (κ1) is 11.0. The smallest absolute Gasteiger partial charge is 0.0656 e. The van der Waals surface area contributed by atoms with Crippen molar-refractivity contribution in [2.45, 2.75) is 25.3 Å². The third-order valence-electron chi connectivity index (χ3n) is 1.85. The lowest BCUT2D eigenvalue weighted by Crippen LogP contribution is -2.08. The Morgan fingerprint density at radius 3 is 3.00 bits per heavy atom. The van der Waals surface area contributed by atoms with Gasteiger partial charge in [0.25, 0.3) is 0 Å². The van der Waals surface area contributed by atoms with Crippen LogP contribution < -0.4 is 5.73 Å². The van der Waals surface area contributed by atoms with E-state index >= 15 is 0 Å². The zero-order valence-corrected chi connectivity index (χ0v) is 10.3. The van der Waals surface area contributed by atoms with Gasteiger partial charge in [0.1, 0.15) is 0 Å². The molecule has 13 heavy (non-hydrogen) atoms. The second-order valence-electron chi connectivity index (χ2n) is 2.89. The quantitative estimate of drug-likeness (QED) is 0.516. The predicted molar refractivity (Wildman–Crippen MR) is 66.6 cm³/mol. The number of hydrogen-bond acceptors (Lipinski definition) is 2. The zero-order valence-electron chi connectivity index (χ0n) is 7.29. The normalized spacial score (nSPS) is 12.4. The molecular weight excluding hydrogens is 293 g/mol. The lowest BCUT2D eigenvalue weighted by atomic mass is 10.1. The lowest BCUT2D eigenvalue weighted by molar-refractivity contribution is 0.622. The lowest BCUT2D eigenvalue weighted by Gasteiger charge is -2.07. The highest BCUT2D eigenvalue weighted by Crippen LogP contribution is 2.23. The summed E-state index contributed by atoms with van der Waals surface area (Å²) in [7, 11) is 0. The number of rotatable bonds is 4. The van der Waals surface area contributed by atoms with Crippen LogP contribution in [0.3, 0.4) is 0 Å². The van der Waals surface area contributed by atoms with Crippen LogP contribution >= 0.6 is 33.9 Å². The summed E-state index contributed by atoms with van der Waals surface area (Å²) < 4.78 is 1.29. The Hall–Kier alpha value is -0.0500. The molecule has 1 nitrogen and oxygen atoms in total. The van der Waals surface area contributed by atoms with Crippen molar-refractivity contribution < 1.29 is 0 Å². The molecule has 0 amide bonds. The van der Waals surface area contributed by atoms with E-state index in [1.807, 2.05) is 0 Å². The molecule has 1 heterocycles. The van der Waals surface area contributed by atoms with Crippen LogP contribution in [0, 0.1) is 15.2 Å². The van der Waals surface area contributed by atoms with E-state index in [0.717, 1.165) is 19.3 Å². The fourth-order valence-electron chi connectivity index (χ4n) is 1.11. The first-order valence-electron chi connectivity index (χ1n) is 4.17. The summed E-state index contributed by atoms with van der Waals surface area (Å²) in [5, 5.41) is 2.13. The predicted octanol–water partition coefficient (Wildman–Crippen LogP) is 3.16. The van der Waals surface area contributed by atoms with E-state index in [9.17, 15) is 0 Å². The summed E-state index contributed by atoms with van der Waals surface area (Å²) in [5.74, 6) is 2.63. The minimum absolute atomic E-state index is 0.160. The Labute approximate surface area is 96.9 Å². The van der Waals surface area contributed by atoms with Crippen LogP contribution in [0.5, 0.6) is 0 Å². The van der Waals surface area contributed by atoms with Crippen LogP contribution in [0.2, 0.25) is 0 Å². The Bertz CT molecular complexity index is 300. The second kappa shape index (κ2) is 5.63. The number of thiophene rings is 1. The molecule has 2 N–H and O–H groups in total. The van der Waals surface area contributed by atoms with Crippen molar-refractivity contribution in [2.24, 2.45) is 5.73 Å². The minimum atomic E-state index is 0.160. The fourth-order valence-corrected chi connectivity index (χ4v) is 2.55. The van der Waals surface area contributed by atoms with E-state index < -0.39 is 0 Å². The molecule has 1 aromatic rings. The van der Waals surface area contributed by atoms with E-state index in [-0.39, 0.29) is 6.04 Å². The number of unbranched alkanes of at least 4 members (excludes halogenated alkanes) is 1. The molecule has 1 rings (SSSR count). The van der Waals surface area contributed by atoms with E-state index in [2.05, 4.69) is 40.0 Å². The molecule has 0 radical (unpaired) electrons. The topological polar surface area (TPSA) is 26.0 Å². The molecule has 1 unspecified atom stereocenters. The van der Waals surface area contributed by atoms with Crippen molar-refractivity contribution in [3.8, 4) is 12.3 Å². The zero-order chi connectivity index (χ0) is 9.68. The Morgan fingerprint density at radius 2 is 2.46 bits per heavy atom. The maximum Gasteiger partial charge on any atom is 0.0656 e. The third-order valence-corrected chi connectivity index (χ3v) is 3.66. The Morgan fingerprint density at radius 1 is 1.69 bits per heavy atom. The van der Waals surface area contributed by atoms with E-state index in [0.29, 0.717) is 0 Å². The molecule has 70 valence electrons. The summed E-state index contributed by atoms with van der Waals surface area (Å²) in [6.07, 6.45) is 8.00. The largest absolute Gasteiger partial charge is 0.324 e. The standard InChI is InChI=1S/C10H12INS/c1-2-3-4-5-9(12)8-6-10(11)13-7-8/h1,6-7,9H,3-5,12H2. The molecule has 3 heteroatoms. The van der Waals surface area contributed by atoms with Gasteiger partial charge in [-0.2, -0.15) is 0 Å². The van der Waals surface area contributed by atoms with E-state index in [1.165, 1.54) is 8.45 Å². The van der Waals surface area contributed by atoms with E-state index in [4.69, 9.17) is 12.2 Å². The maximum absolute atomic E-state index is 5.98. The third kappa shape index (κ3) is 3.67. The molecular formula is C10H12INS. The Balaban J connectivity index is 2.40. The van der Waals surface area contributed by atoms with Crippen molar-refractivity contribution >= 4 is 33.9 Å². The molecule has 0 spiro atoms. The van der Waals surface area contributed by atoms with Crippen LogP contribution in [0.4, 0.5) is 0 Å². The average molecular weight is 305 g/mol. The van der Waals surface area contributed by atoms with Gasteiger partial charge in [-0.25, -0.2) is 0 Å². The van der Waals surface area contributed by atoms with Gasteiger partial charge in [0, 0.05) is 12.5 Å². The summed E-state index contributed by atoms with van der Waals surface area (Å²) in [6.45, 7) is 0. The summed E-state index contributed by atoms with van der Waals surface area (Å²) in [4.78, 5) is 0. The van der Waals surface area contributed by atoms with Gasteiger partial charge < -0.3 is 5.73 Å². The highest BCUT2D eigenvalue weighted by atomic mass is 127. The van der Waals surface area contributed by atoms with Gasteiger partial charge in [-0.15, -0.1) is 23.7 Å². The number of halogens is 1. The molecule has 0 aliphatic heterocycles. The van der Waals surface area contributed by atoms with Gasteiger partial charge in [0.05, 0.1) is 2.88 Å². The number of terminal acetylenes is 1. The molecule has 1 aromatic heterocycles. The summed E-state index contributed by atoms with van der Waals surface area (Å²) in [6, 6.07) is 2.30. The fraction of sp³-hybridized carbons (Fsp3) is 0.400. The molecule has 0 aliphatic carbocycles. The second-order valence-corrected chi connectivity index (χ2v) is 5.69. The van der Waals surface area contributed by atoms with Gasteiger partial charge >= 0.3 is 0 Å². The van der Waals surface area contributed by atoms with Crippen molar-refractivity contribution in [2.75, 3.05) is 0 Å². The summed E-state index contributed by atoms with van der Waals surface area (Å²) in [5.41, 5.74) is 7.23. The first-order valence-corrected chi connectivity index (χ1v) is 6.13. The monoisotopic (exact) mass is 305 g/mol. The van der Waals surface area contributed by atoms with Gasteiger partial charge in [0.15, 0.2) is 0 Å². The molecule has 0 aliphatic rings. The van der Waals surface area contributed by atoms with Crippen LogP contribution in [0.25, 0.3) is 0 Å². The van der Waals surface area contributed by atoms with Gasteiger partial charge in [-0.1, -0.05) is 0 Å². The van der Waals surface area contributed by atoms with Gasteiger partial charge in [-0.3, -0.25) is 0 Å². The SMILES string of the molecule is C#CCCCC(N)c1csc(I)c1. The minimum Gasteiger partial charge on any atom is -0.324 e. The van der Waals surface area contributed by atoms with Crippen molar-refractivity contribution in [1.82, 2.24) is 0 Å². The average Bonchev–Trinajstić information content (AvgIpc) is 2.52. The maximum atomic E-state index is 5.98. The van der Waals surface area contributed by atoms with Gasteiger partial charge in [0.2, 0.25) is 0 Å². The van der Waals surface area contributed by atoms with Gasteiger partial charge in [-0.05, 0) is 52.4 Å². The van der Waals surface area contributed by atoms with Crippen molar-refractivity contribution in [3.63, 3.8) is 0 Å². The van der Waals surface area contributed by atoms with Crippen LogP contribution in [-0.2, 0) is 0 Å². The molecule has 0 aromatic carbocycles. The van der Waals surface area contributed by atoms with E-state index in [1.54, 1.807) is 11.3 Å². The number of nitrogens with two attached hydrogens (primary N) is 1. The van der Waals surface area contributed by atoms with Crippen LogP contribution in [-0.4, -0.2) is 0 Å². The van der Waals surface area contributed by atoms with Crippen LogP contribution in [0.15, 0.2) is 11.4 Å². The first-order chi connectivity index (χ1) is 6.24. The molecule has 1 atom stereocenters. The molecule has 0 fully saturated rings. The highest BCUT2D eigenvalue weighted by molar-refractivity contribution is 14.1. The van der Waals surface area contributed by atoms with Crippen LogP contribution in [0.1, 0.15) is 30.9 Å². The Kier molecular flexibility index (Phi) is 4.78. The van der Waals surface area contributed by atoms with Crippen molar-refractivity contribution in [3.05, 3.63) is 19.9 Å². The number of hydrogen-bond donors (Lipinski definition) is 1. The molecule has 0 saturated carbocycles. The molecule has 0 saturated heterocycles. The van der Waals surface area contributed by atoms with Crippen molar-refractivity contribution in [1.29, 1.82) is 0 Å². The molecule has 0 bridgehead atoms. The summed E-state index contributed by atoms with van der Waals surface area (Å²) >= 11 is 4.05. The highest BCUT2D eigenvalue weighted by Gasteiger charge is 2.06.